The number of ether oxygens (including phenoxy) is 1. The van der Waals surface area contributed by atoms with Gasteiger partial charge in [0.2, 0.25) is 0 Å². The van der Waals surface area contributed by atoms with E-state index in [0.717, 1.165) is 16.3 Å². The Labute approximate surface area is 140 Å². The molecule has 0 radical (unpaired) electrons. The Morgan fingerprint density at radius 3 is 2.67 bits per heavy atom. The number of benzene rings is 2. The van der Waals surface area contributed by atoms with E-state index in [0.29, 0.717) is 5.75 Å². The van der Waals surface area contributed by atoms with Crippen LogP contribution < -0.4 is 10.2 Å². The third kappa shape index (κ3) is 3.95. The first-order valence-corrected chi connectivity index (χ1v) is 7.61. The number of aromatic nitrogens is 1. The van der Waals surface area contributed by atoms with Gasteiger partial charge >= 0.3 is 0 Å². The molecule has 1 heterocycles. The summed E-state index contributed by atoms with van der Waals surface area (Å²) in [4.78, 5) is 16.0. The number of carbonyl (C=O) groups excluding carboxylic acids is 1. The monoisotopic (exact) mass is 319 g/mol. The lowest BCUT2D eigenvalue weighted by Crippen LogP contribution is -2.33. The molecule has 5 heteroatoms. The first-order valence-electron chi connectivity index (χ1n) is 7.61. The lowest BCUT2D eigenvalue weighted by atomic mass is 10.1. The highest BCUT2D eigenvalue weighted by Crippen LogP contribution is 2.21. The molecule has 24 heavy (non-hydrogen) atoms. The number of fused-ring (bicyclic) bond motifs is 1. The molecule has 1 atom stereocenters. The summed E-state index contributed by atoms with van der Waals surface area (Å²) in [7, 11) is 0. The number of hydrazone groups is 1. The molecule has 1 unspecified atom stereocenters. The normalized spacial score (nSPS) is 12.2. The van der Waals surface area contributed by atoms with Crippen molar-refractivity contribution in [1.29, 1.82) is 0 Å². The highest BCUT2D eigenvalue weighted by atomic mass is 16.5. The van der Waals surface area contributed by atoms with Crippen molar-refractivity contribution in [3.8, 4) is 5.75 Å². The number of hydrogen-bond donors (Lipinski definition) is 1. The fourth-order valence-corrected chi connectivity index (χ4v) is 2.21. The first kappa shape index (κ1) is 15.7. The summed E-state index contributed by atoms with van der Waals surface area (Å²) >= 11 is 0. The van der Waals surface area contributed by atoms with E-state index in [1.807, 2.05) is 42.5 Å². The lowest BCUT2D eigenvalue weighted by Gasteiger charge is -2.13. The summed E-state index contributed by atoms with van der Waals surface area (Å²) in [5.41, 5.74) is 3.33. The predicted molar refractivity (Wildman–Crippen MR) is 94.0 cm³/mol. The largest absolute Gasteiger partial charge is 0.481 e. The summed E-state index contributed by atoms with van der Waals surface area (Å²) in [5.74, 6) is 0.336. The molecule has 120 valence electrons. The van der Waals surface area contributed by atoms with E-state index in [2.05, 4.69) is 15.5 Å². The molecule has 3 rings (SSSR count). The average molecular weight is 319 g/mol. The zero-order valence-corrected chi connectivity index (χ0v) is 13.2. The highest BCUT2D eigenvalue weighted by Gasteiger charge is 2.14. The molecule has 0 saturated heterocycles. The van der Waals surface area contributed by atoms with Crippen LogP contribution in [-0.2, 0) is 4.79 Å². The summed E-state index contributed by atoms with van der Waals surface area (Å²) in [5, 5.41) is 6.12. The summed E-state index contributed by atoms with van der Waals surface area (Å²) < 4.78 is 5.69. The minimum atomic E-state index is -0.652. The van der Waals surface area contributed by atoms with Crippen LogP contribution in [0.4, 0.5) is 0 Å². The van der Waals surface area contributed by atoms with Gasteiger partial charge in [0.1, 0.15) is 5.75 Å². The Bertz CT molecular complexity index is 863. The summed E-state index contributed by atoms with van der Waals surface area (Å²) in [6, 6.07) is 17.3. The zero-order valence-electron chi connectivity index (χ0n) is 13.2. The van der Waals surface area contributed by atoms with Crippen LogP contribution in [0.15, 0.2) is 72.1 Å². The van der Waals surface area contributed by atoms with Gasteiger partial charge in [0, 0.05) is 12.4 Å². The van der Waals surface area contributed by atoms with E-state index in [1.54, 1.807) is 37.7 Å². The molecule has 1 N–H and O–H groups in total. The van der Waals surface area contributed by atoms with Crippen molar-refractivity contribution in [3.05, 3.63) is 72.6 Å². The molecule has 3 aromatic rings. The van der Waals surface area contributed by atoms with Crippen molar-refractivity contribution in [3.63, 3.8) is 0 Å². The van der Waals surface area contributed by atoms with Gasteiger partial charge in [-0.15, -0.1) is 0 Å². The Hall–Kier alpha value is -3.21. The van der Waals surface area contributed by atoms with Gasteiger partial charge in [0.15, 0.2) is 6.10 Å². The second kappa shape index (κ2) is 7.37. The van der Waals surface area contributed by atoms with E-state index in [9.17, 15) is 4.79 Å². The maximum absolute atomic E-state index is 12.0. The summed E-state index contributed by atoms with van der Waals surface area (Å²) in [6.45, 7) is 1.69. The smallest absolute Gasteiger partial charge is 0.280 e. The van der Waals surface area contributed by atoms with Crippen LogP contribution in [0, 0.1) is 0 Å². The van der Waals surface area contributed by atoms with Crippen molar-refractivity contribution in [2.75, 3.05) is 0 Å². The van der Waals surface area contributed by atoms with E-state index >= 15 is 0 Å². The van der Waals surface area contributed by atoms with Crippen LogP contribution in [0.3, 0.4) is 0 Å². The average Bonchev–Trinajstić information content (AvgIpc) is 2.62. The van der Waals surface area contributed by atoms with Gasteiger partial charge < -0.3 is 4.74 Å². The first-order chi connectivity index (χ1) is 11.7. The molecular weight excluding hydrogens is 302 g/mol. The van der Waals surface area contributed by atoms with Crippen molar-refractivity contribution in [2.24, 2.45) is 5.10 Å². The highest BCUT2D eigenvalue weighted by molar-refractivity contribution is 5.85. The SMILES string of the molecule is CC(Oc1ccc2ccccc2c1)C(=O)N/N=C/c1ccncc1. The van der Waals surface area contributed by atoms with Crippen molar-refractivity contribution >= 4 is 22.9 Å². The van der Waals surface area contributed by atoms with Gasteiger partial charge in [0.05, 0.1) is 6.21 Å². The number of carbonyl (C=O) groups is 1. The van der Waals surface area contributed by atoms with Crippen LogP contribution in [0.25, 0.3) is 10.8 Å². The van der Waals surface area contributed by atoms with Crippen LogP contribution in [0.2, 0.25) is 0 Å². The Morgan fingerprint density at radius 2 is 1.88 bits per heavy atom. The number of nitrogens with zero attached hydrogens (tertiary/aromatic N) is 2. The summed E-state index contributed by atoms with van der Waals surface area (Å²) in [6.07, 6.45) is 4.23. The van der Waals surface area contributed by atoms with Gasteiger partial charge in [0.25, 0.3) is 5.91 Å². The third-order valence-electron chi connectivity index (χ3n) is 3.50. The van der Waals surface area contributed by atoms with Crippen molar-refractivity contribution < 1.29 is 9.53 Å². The molecule has 2 aromatic carbocycles. The molecule has 0 aliphatic heterocycles. The van der Waals surface area contributed by atoms with Crippen LogP contribution in [0.1, 0.15) is 12.5 Å². The number of rotatable bonds is 5. The van der Waals surface area contributed by atoms with Gasteiger partial charge in [-0.1, -0.05) is 30.3 Å². The topological polar surface area (TPSA) is 63.6 Å². The number of amides is 1. The third-order valence-corrected chi connectivity index (χ3v) is 3.50. The molecule has 0 aliphatic carbocycles. The minimum absolute atomic E-state index is 0.312. The molecule has 0 saturated carbocycles. The fourth-order valence-electron chi connectivity index (χ4n) is 2.21. The number of hydrogen-bond acceptors (Lipinski definition) is 4. The zero-order chi connectivity index (χ0) is 16.8. The molecular formula is C19H17N3O2. The van der Waals surface area contributed by atoms with Crippen LogP contribution in [0.5, 0.6) is 5.75 Å². The maximum Gasteiger partial charge on any atom is 0.280 e. The molecule has 1 aromatic heterocycles. The minimum Gasteiger partial charge on any atom is -0.481 e. The second-order valence-corrected chi connectivity index (χ2v) is 5.28. The van der Waals surface area contributed by atoms with E-state index in [-0.39, 0.29) is 5.91 Å². The maximum atomic E-state index is 12.0. The van der Waals surface area contributed by atoms with Gasteiger partial charge in [-0.3, -0.25) is 9.78 Å². The fraction of sp³-hybridized carbons (Fsp3) is 0.105. The Kier molecular flexibility index (Phi) is 4.81. The molecule has 0 bridgehead atoms. The molecule has 5 nitrogen and oxygen atoms in total. The van der Waals surface area contributed by atoms with E-state index in [4.69, 9.17) is 4.74 Å². The molecule has 0 fully saturated rings. The lowest BCUT2D eigenvalue weighted by molar-refractivity contribution is -0.127. The Balaban J connectivity index is 1.59. The van der Waals surface area contributed by atoms with E-state index in [1.165, 1.54) is 0 Å². The molecule has 0 aliphatic rings. The van der Waals surface area contributed by atoms with Crippen LogP contribution >= 0.6 is 0 Å². The van der Waals surface area contributed by atoms with Crippen LogP contribution in [-0.4, -0.2) is 23.2 Å². The van der Waals surface area contributed by atoms with Gasteiger partial charge in [-0.25, -0.2) is 5.43 Å². The Morgan fingerprint density at radius 1 is 1.12 bits per heavy atom. The molecule has 0 spiro atoms. The van der Waals surface area contributed by atoms with Gasteiger partial charge in [-0.2, -0.15) is 5.10 Å². The number of pyridine rings is 1. The standard InChI is InChI=1S/C19H17N3O2/c1-14(19(23)22-21-13-15-8-10-20-11-9-15)24-18-7-6-16-4-2-3-5-17(16)12-18/h2-14H,1H3,(H,22,23)/b21-13+. The van der Waals surface area contributed by atoms with Gasteiger partial charge in [-0.05, 0) is 47.5 Å². The number of nitrogens with one attached hydrogen (secondary N) is 1. The second-order valence-electron chi connectivity index (χ2n) is 5.28. The quantitative estimate of drug-likeness (QED) is 0.580. The van der Waals surface area contributed by atoms with Crippen molar-refractivity contribution in [1.82, 2.24) is 10.4 Å². The van der Waals surface area contributed by atoms with Crippen molar-refractivity contribution in [2.45, 2.75) is 13.0 Å². The predicted octanol–water partition coefficient (Wildman–Crippen LogP) is 3.15. The molecule has 1 amide bonds. The van der Waals surface area contributed by atoms with E-state index < -0.39 is 6.10 Å².